The fourth-order valence-electron chi connectivity index (χ4n) is 2.02. The number of aliphatic hydroxyl groups is 1. The summed E-state index contributed by atoms with van der Waals surface area (Å²) >= 11 is 0. The lowest BCUT2D eigenvalue weighted by atomic mass is 9.87. The molecule has 0 bridgehead atoms. The zero-order chi connectivity index (χ0) is 13.2. The van der Waals surface area contributed by atoms with Crippen LogP contribution >= 0.6 is 0 Å². The van der Waals surface area contributed by atoms with Crippen LogP contribution in [0.4, 0.5) is 0 Å². The van der Waals surface area contributed by atoms with Gasteiger partial charge in [-0.25, -0.2) is 4.68 Å². The van der Waals surface area contributed by atoms with Crippen molar-refractivity contribution in [1.29, 1.82) is 0 Å². The molecule has 0 aliphatic carbocycles. The molecule has 0 radical (unpaired) electrons. The number of ether oxygens (including phenoxy) is 1. The quantitative estimate of drug-likeness (QED) is 0.881. The van der Waals surface area contributed by atoms with E-state index in [4.69, 9.17) is 4.74 Å². The number of rotatable bonds is 4. The maximum Gasteiger partial charge on any atom is 0.0853 e. The van der Waals surface area contributed by atoms with Gasteiger partial charge in [-0.15, -0.1) is 5.10 Å². The lowest BCUT2D eigenvalue weighted by Gasteiger charge is -2.24. The van der Waals surface area contributed by atoms with Crippen molar-refractivity contribution >= 4 is 0 Å². The highest BCUT2D eigenvalue weighted by Gasteiger charge is 2.23. The lowest BCUT2D eigenvalue weighted by molar-refractivity contribution is 0.0627. The molecule has 2 heterocycles. The first-order chi connectivity index (χ1) is 8.45. The first kappa shape index (κ1) is 13.5. The van der Waals surface area contributed by atoms with Crippen LogP contribution in [-0.2, 0) is 17.7 Å². The maximum atomic E-state index is 10.0. The second kappa shape index (κ2) is 5.36. The van der Waals surface area contributed by atoms with Gasteiger partial charge in [-0.1, -0.05) is 26.0 Å². The van der Waals surface area contributed by atoms with Crippen LogP contribution in [0, 0.1) is 5.41 Å². The molecule has 0 saturated carbocycles. The Kier molecular flexibility index (Phi) is 4.02. The molecule has 1 aromatic rings. The summed E-state index contributed by atoms with van der Waals surface area (Å²) in [6.45, 7) is 7.69. The molecule has 18 heavy (non-hydrogen) atoms. The molecular formula is C13H23N3O2. The van der Waals surface area contributed by atoms with Crippen LogP contribution in [0.2, 0.25) is 0 Å². The normalized spacial score (nSPS) is 22.3. The van der Waals surface area contributed by atoms with Gasteiger partial charge in [-0.05, 0) is 18.3 Å². The van der Waals surface area contributed by atoms with Crippen molar-refractivity contribution < 1.29 is 9.84 Å². The van der Waals surface area contributed by atoms with Crippen molar-refractivity contribution in [3.05, 3.63) is 11.9 Å². The highest BCUT2D eigenvalue weighted by atomic mass is 16.5. The van der Waals surface area contributed by atoms with Crippen LogP contribution in [0.3, 0.4) is 0 Å². The topological polar surface area (TPSA) is 60.2 Å². The van der Waals surface area contributed by atoms with E-state index in [-0.39, 0.29) is 11.5 Å². The van der Waals surface area contributed by atoms with E-state index in [0.29, 0.717) is 6.42 Å². The molecule has 1 N–H and O–H groups in total. The minimum Gasteiger partial charge on any atom is -0.392 e. The number of aromatic nitrogens is 3. The Balaban J connectivity index is 1.89. The highest BCUT2D eigenvalue weighted by Crippen LogP contribution is 2.21. The lowest BCUT2D eigenvalue weighted by Crippen LogP contribution is -2.28. The second-order valence-electron chi connectivity index (χ2n) is 6.15. The van der Waals surface area contributed by atoms with Crippen molar-refractivity contribution in [2.75, 3.05) is 6.61 Å². The number of hydrogen-bond acceptors (Lipinski definition) is 4. The van der Waals surface area contributed by atoms with E-state index in [9.17, 15) is 5.11 Å². The van der Waals surface area contributed by atoms with E-state index in [2.05, 4.69) is 10.3 Å². The van der Waals surface area contributed by atoms with Crippen molar-refractivity contribution in [2.24, 2.45) is 5.41 Å². The molecule has 0 amide bonds. The van der Waals surface area contributed by atoms with Crippen molar-refractivity contribution in [3.8, 4) is 0 Å². The van der Waals surface area contributed by atoms with Gasteiger partial charge in [0.25, 0.3) is 0 Å². The molecule has 0 spiro atoms. The number of hydrogen-bond donors (Lipinski definition) is 1. The summed E-state index contributed by atoms with van der Waals surface area (Å²) in [4.78, 5) is 0. The van der Waals surface area contributed by atoms with Gasteiger partial charge < -0.3 is 9.84 Å². The predicted molar refractivity (Wildman–Crippen MR) is 68.2 cm³/mol. The summed E-state index contributed by atoms with van der Waals surface area (Å²) in [5, 5.41) is 18.2. The summed E-state index contributed by atoms with van der Waals surface area (Å²) in [6.07, 6.45) is 4.57. The average molecular weight is 253 g/mol. The third-order valence-electron chi connectivity index (χ3n) is 3.40. The summed E-state index contributed by atoms with van der Waals surface area (Å²) in [5.41, 5.74) is 0.716. The zero-order valence-electron chi connectivity index (χ0n) is 11.5. The Morgan fingerprint density at radius 3 is 2.94 bits per heavy atom. The molecule has 1 saturated heterocycles. The minimum absolute atomic E-state index is 0.127. The Morgan fingerprint density at radius 2 is 2.33 bits per heavy atom. The van der Waals surface area contributed by atoms with E-state index in [0.717, 1.165) is 31.7 Å². The van der Waals surface area contributed by atoms with Crippen LogP contribution in [0.25, 0.3) is 0 Å². The third-order valence-corrected chi connectivity index (χ3v) is 3.40. The summed E-state index contributed by atoms with van der Waals surface area (Å²) < 4.78 is 7.38. The molecule has 1 aliphatic heterocycles. The van der Waals surface area contributed by atoms with Crippen molar-refractivity contribution in [2.45, 2.75) is 58.8 Å². The van der Waals surface area contributed by atoms with Crippen LogP contribution in [0.15, 0.2) is 6.20 Å². The number of aliphatic hydroxyl groups excluding tert-OH is 1. The minimum atomic E-state index is -0.398. The van der Waals surface area contributed by atoms with E-state index in [1.54, 1.807) is 0 Å². The van der Waals surface area contributed by atoms with Gasteiger partial charge in [0.15, 0.2) is 0 Å². The van der Waals surface area contributed by atoms with Gasteiger partial charge in [0.05, 0.1) is 24.4 Å². The predicted octanol–water partition coefficient (Wildman–Crippen LogP) is 1.41. The SMILES string of the molecule is CC(C)(C)C(O)Cc1cn(CC2CCCO2)nn1. The molecule has 0 aromatic carbocycles. The fraction of sp³-hybridized carbons (Fsp3) is 0.846. The van der Waals surface area contributed by atoms with Gasteiger partial charge in [0, 0.05) is 19.2 Å². The van der Waals surface area contributed by atoms with E-state index in [1.807, 2.05) is 31.6 Å². The molecule has 2 unspecified atom stereocenters. The summed E-state index contributed by atoms with van der Waals surface area (Å²) in [6, 6.07) is 0. The summed E-state index contributed by atoms with van der Waals surface area (Å²) in [7, 11) is 0. The largest absolute Gasteiger partial charge is 0.392 e. The van der Waals surface area contributed by atoms with Gasteiger partial charge in [-0.2, -0.15) is 0 Å². The van der Waals surface area contributed by atoms with Crippen LogP contribution in [-0.4, -0.2) is 38.9 Å². The van der Waals surface area contributed by atoms with E-state index >= 15 is 0 Å². The van der Waals surface area contributed by atoms with Crippen molar-refractivity contribution in [3.63, 3.8) is 0 Å². The Labute approximate surface area is 108 Å². The molecule has 5 nitrogen and oxygen atoms in total. The standard InChI is InChI=1S/C13H23N3O2/c1-13(2,3)12(17)7-10-8-16(15-14-10)9-11-5-4-6-18-11/h8,11-12,17H,4-7,9H2,1-3H3. The van der Waals surface area contributed by atoms with Crippen molar-refractivity contribution in [1.82, 2.24) is 15.0 Å². The monoisotopic (exact) mass is 253 g/mol. The summed E-state index contributed by atoms with van der Waals surface area (Å²) in [5.74, 6) is 0. The van der Waals surface area contributed by atoms with Gasteiger partial charge >= 0.3 is 0 Å². The molecule has 102 valence electrons. The molecule has 5 heteroatoms. The fourth-order valence-corrected chi connectivity index (χ4v) is 2.02. The average Bonchev–Trinajstić information content (AvgIpc) is 2.89. The molecule has 1 aromatic heterocycles. The van der Waals surface area contributed by atoms with Gasteiger partial charge in [-0.3, -0.25) is 0 Å². The second-order valence-corrected chi connectivity index (χ2v) is 6.15. The zero-order valence-corrected chi connectivity index (χ0v) is 11.5. The van der Waals surface area contributed by atoms with E-state index in [1.165, 1.54) is 0 Å². The molecule has 2 rings (SSSR count). The van der Waals surface area contributed by atoms with Gasteiger partial charge in [0.1, 0.15) is 0 Å². The first-order valence-corrected chi connectivity index (χ1v) is 6.64. The van der Waals surface area contributed by atoms with Crippen LogP contribution in [0.1, 0.15) is 39.3 Å². The third kappa shape index (κ3) is 3.53. The van der Waals surface area contributed by atoms with Crippen LogP contribution in [0.5, 0.6) is 0 Å². The maximum absolute atomic E-state index is 10.0. The molecule has 2 atom stereocenters. The molecule has 1 aliphatic rings. The molecule has 1 fully saturated rings. The Bertz CT molecular complexity index is 378. The number of nitrogens with zero attached hydrogens (tertiary/aromatic N) is 3. The Morgan fingerprint density at radius 1 is 1.56 bits per heavy atom. The first-order valence-electron chi connectivity index (χ1n) is 6.64. The smallest absolute Gasteiger partial charge is 0.0853 e. The highest BCUT2D eigenvalue weighted by molar-refractivity contribution is 4.97. The van der Waals surface area contributed by atoms with Gasteiger partial charge in [0.2, 0.25) is 0 Å². The molecular weight excluding hydrogens is 230 g/mol. The Hall–Kier alpha value is -0.940. The van der Waals surface area contributed by atoms with E-state index < -0.39 is 6.10 Å². The van der Waals surface area contributed by atoms with Crippen LogP contribution < -0.4 is 0 Å².